The minimum absolute atomic E-state index is 0.195. The second-order valence-electron chi connectivity index (χ2n) is 4.32. The van der Waals surface area contributed by atoms with Crippen LogP contribution in [0.3, 0.4) is 0 Å². The molecule has 0 saturated carbocycles. The maximum atomic E-state index is 13.9. The minimum Gasteiger partial charge on any atom is -0.454 e. The molecule has 0 spiro atoms. The maximum absolute atomic E-state index is 13.9. The third-order valence-electron chi connectivity index (χ3n) is 3.05. The van der Waals surface area contributed by atoms with Crippen LogP contribution in [-0.2, 0) is 0 Å². The van der Waals surface area contributed by atoms with E-state index in [1.807, 2.05) is 24.3 Å². The summed E-state index contributed by atoms with van der Waals surface area (Å²) < 4.78 is 19.6. The average molecular weight is 268 g/mol. The number of anilines is 1. The van der Waals surface area contributed by atoms with Crippen LogP contribution >= 0.6 is 0 Å². The van der Waals surface area contributed by atoms with Crippen molar-refractivity contribution >= 4 is 16.6 Å². The summed E-state index contributed by atoms with van der Waals surface area (Å²) in [5.41, 5.74) is 1.52. The molecule has 1 N–H and O–H groups in total. The van der Waals surface area contributed by atoms with Crippen LogP contribution in [0.2, 0.25) is 0 Å². The van der Waals surface area contributed by atoms with Gasteiger partial charge in [-0.15, -0.1) is 0 Å². The van der Waals surface area contributed by atoms with Crippen LogP contribution in [0.4, 0.5) is 10.1 Å². The Morgan fingerprint density at radius 3 is 2.70 bits per heavy atom. The lowest BCUT2D eigenvalue weighted by Crippen LogP contribution is -1.93. The van der Waals surface area contributed by atoms with Gasteiger partial charge in [0.05, 0.1) is 5.52 Å². The summed E-state index contributed by atoms with van der Waals surface area (Å²) in [7, 11) is 1.74. The van der Waals surface area contributed by atoms with Gasteiger partial charge < -0.3 is 10.1 Å². The predicted octanol–water partition coefficient (Wildman–Crippen LogP) is 4.21. The summed E-state index contributed by atoms with van der Waals surface area (Å²) in [6.07, 6.45) is 1.65. The van der Waals surface area contributed by atoms with E-state index in [0.717, 1.165) is 10.9 Å². The summed E-state index contributed by atoms with van der Waals surface area (Å²) in [6.45, 7) is 0. The van der Waals surface area contributed by atoms with Crippen molar-refractivity contribution in [3.8, 4) is 11.5 Å². The Morgan fingerprint density at radius 1 is 1.05 bits per heavy atom. The molecular formula is C16H13FN2O. The average Bonchev–Trinajstić information content (AvgIpc) is 2.49. The first-order chi connectivity index (χ1) is 9.78. The lowest BCUT2D eigenvalue weighted by molar-refractivity contribution is 0.446. The minimum atomic E-state index is -0.405. The molecule has 0 aliphatic rings. The fraction of sp³-hybridized carbons (Fsp3) is 0.0625. The Labute approximate surface area is 116 Å². The number of rotatable bonds is 3. The van der Waals surface area contributed by atoms with Crippen LogP contribution in [0.25, 0.3) is 10.9 Å². The lowest BCUT2D eigenvalue weighted by atomic mass is 10.2. The van der Waals surface area contributed by atoms with E-state index in [0.29, 0.717) is 11.4 Å². The van der Waals surface area contributed by atoms with Crippen LogP contribution in [0.5, 0.6) is 11.5 Å². The molecule has 3 nitrogen and oxygen atoms in total. The molecule has 4 heteroatoms. The SMILES string of the molecule is CNc1ccc(Oc2ccnc3ccccc23)c(F)c1. The summed E-state index contributed by atoms with van der Waals surface area (Å²) in [4.78, 5) is 4.25. The highest BCUT2D eigenvalue weighted by Crippen LogP contribution is 2.31. The van der Waals surface area contributed by atoms with Crippen LogP contribution in [0.15, 0.2) is 54.7 Å². The van der Waals surface area contributed by atoms with Crippen molar-refractivity contribution in [2.75, 3.05) is 12.4 Å². The van der Waals surface area contributed by atoms with Gasteiger partial charge in [0.1, 0.15) is 5.75 Å². The number of ether oxygens (including phenoxy) is 1. The number of hydrogen-bond acceptors (Lipinski definition) is 3. The van der Waals surface area contributed by atoms with Crippen molar-refractivity contribution in [2.24, 2.45) is 0 Å². The molecule has 0 aliphatic carbocycles. The van der Waals surface area contributed by atoms with Gasteiger partial charge in [-0.3, -0.25) is 4.98 Å². The summed E-state index contributed by atoms with van der Waals surface area (Å²) in [6, 6.07) is 14.1. The Kier molecular flexibility index (Phi) is 3.21. The molecule has 0 fully saturated rings. The topological polar surface area (TPSA) is 34.1 Å². The molecule has 1 aromatic heterocycles. The second-order valence-corrected chi connectivity index (χ2v) is 4.32. The first-order valence-electron chi connectivity index (χ1n) is 6.27. The molecule has 0 bridgehead atoms. The number of pyridine rings is 1. The number of nitrogens with zero attached hydrogens (tertiary/aromatic N) is 1. The summed E-state index contributed by atoms with van der Waals surface area (Å²) in [5.74, 6) is 0.379. The predicted molar refractivity (Wildman–Crippen MR) is 77.8 cm³/mol. The van der Waals surface area contributed by atoms with Gasteiger partial charge in [0.15, 0.2) is 11.6 Å². The molecule has 3 aromatic rings. The lowest BCUT2D eigenvalue weighted by Gasteiger charge is -2.10. The van der Waals surface area contributed by atoms with Crippen molar-refractivity contribution in [3.05, 3.63) is 60.5 Å². The van der Waals surface area contributed by atoms with Gasteiger partial charge in [0.2, 0.25) is 0 Å². The molecule has 0 unspecified atom stereocenters. The van der Waals surface area contributed by atoms with E-state index in [2.05, 4.69) is 10.3 Å². The van der Waals surface area contributed by atoms with Crippen molar-refractivity contribution in [1.29, 1.82) is 0 Å². The fourth-order valence-corrected chi connectivity index (χ4v) is 2.02. The maximum Gasteiger partial charge on any atom is 0.167 e. The van der Waals surface area contributed by atoms with Crippen LogP contribution < -0.4 is 10.1 Å². The third kappa shape index (κ3) is 2.28. The van der Waals surface area contributed by atoms with Crippen molar-refractivity contribution in [3.63, 3.8) is 0 Å². The van der Waals surface area contributed by atoms with Gasteiger partial charge in [0, 0.05) is 30.4 Å². The van der Waals surface area contributed by atoms with E-state index in [9.17, 15) is 4.39 Å². The van der Waals surface area contributed by atoms with Crippen LogP contribution in [0, 0.1) is 5.82 Å². The van der Waals surface area contributed by atoms with Crippen molar-refractivity contribution in [2.45, 2.75) is 0 Å². The third-order valence-corrected chi connectivity index (χ3v) is 3.05. The highest BCUT2D eigenvalue weighted by Gasteiger charge is 2.08. The first-order valence-corrected chi connectivity index (χ1v) is 6.27. The normalized spacial score (nSPS) is 10.5. The number of halogens is 1. The van der Waals surface area contributed by atoms with E-state index < -0.39 is 5.82 Å². The standard InChI is InChI=1S/C16H13FN2O/c1-18-11-6-7-16(13(17)10-11)20-15-8-9-19-14-5-3-2-4-12(14)15/h2-10,18H,1H3. The number of benzene rings is 2. The zero-order valence-corrected chi connectivity index (χ0v) is 10.9. The van der Waals surface area contributed by atoms with Gasteiger partial charge in [-0.2, -0.15) is 0 Å². The van der Waals surface area contributed by atoms with Gasteiger partial charge in [0.25, 0.3) is 0 Å². The smallest absolute Gasteiger partial charge is 0.167 e. The van der Waals surface area contributed by atoms with Gasteiger partial charge in [-0.25, -0.2) is 4.39 Å². The molecule has 20 heavy (non-hydrogen) atoms. The quantitative estimate of drug-likeness (QED) is 0.772. The van der Waals surface area contributed by atoms with Crippen LogP contribution in [-0.4, -0.2) is 12.0 Å². The monoisotopic (exact) mass is 268 g/mol. The molecule has 0 amide bonds. The van der Waals surface area contributed by atoms with Crippen molar-refractivity contribution in [1.82, 2.24) is 4.98 Å². The molecule has 0 aliphatic heterocycles. The molecule has 2 aromatic carbocycles. The molecule has 0 saturated heterocycles. The molecule has 1 heterocycles. The van der Waals surface area contributed by atoms with E-state index in [1.165, 1.54) is 6.07 Å². The Morgan fingerprint density at radius 2 is 1.90 bits per heavy atom. The zero-order chi connectivity index (χ0) is 13.9. The number of hydrogen-bond donors (Lipinski definition) is 1. The van der Waals surface area contributed by atoms with Crippen LogP contribution in [0.1, 0.15) is 0 Å². The molecule has 3 rings (SSSR count). The van der Waals surface area contributed by atoms with E-state index in [1.54, 1.807) is 31.4 Å². The number of aromatic nitrogens is 1. The molecule has 100 valence electrons. The van der Waals surface area contributed by atoms with Gasteiger partial charge >= 0.3 is 0 Å². The summed E-state index contributed by atoms with van der Waals surface area (Å²) in [5, 5.41) is 3.74. The van der Waals surface area contributed by atoms with Gasteiger partial charge in [-0.05, 0) is 30.3 Å². The Bertz CT molecular complexity index is 753. The zero-order valence-electron chi connectivity index (χ0n) is 10.9. The van der Waals surface area contributed by atoms with E-state index >= 15 is 0 Å². The van der Waals surface area contributed by atoms with E-state index in [4.69, 9.17) is 4.74 Å². The van der Waals surface area contributed by atoms with Crippen molar-refractivity contribution < 1.29 is 9.13 Å². The second kappa shape index (κ2) is 5.17. The Hall–Kier alpha value is -2.62. The molecular weight excluding hydrogens is 255 g/mol. The van der Waals surface area contributed by atoms with Gasteiger partial charge in [-0.1, -0.05) is 12.1 Å². The van der Waals surface area contributed by atoms with E-state index in [-0.39, 0.29) is 5.75 Å². The molecule has 0 radical (unpaired) electrons. The first kappa shape index (κ1) is 12.4. The largest absolute Gasteiger partial charge is 0.454 e. The Balaban J connectivity index is 2.01. The number of nitrogens with one attached hydrogen (secondary N) is 1. The highest BCUT2D eigenvalue weighted by molar-refractivity contribution is 5.84. The highest BCUT2D eigenvalue weighted by atomic mass is 19.1. The summed E-state index contributed by atoms with van der Waals surface area (Å²) >= 11 is 0. The number of fused-ring (bicyclic) bond motifs is 1. The molecule has 0 atom stereocenters. The number of para-hydroxylation sites is 1. The fourth-order valence-electron chi connectivity index (χ4n) is 2.02.